The fourth-order valence-electron chi connectivity index (χ4n) is 4.71. The Labute approximate surface area is 314 Å². The predicted octanol–water partition coefficient (Wildman–Crippen LogP) is 8.30. The molecule has 0 aliphatic rings. The largest absolute Gasteiger partial charge is 0.495 e. The summed E-state index contributed by atoms with van der Waals surface area (Å²) >= 11 is 0. The molecule has 0 fully saturated rings. The minimum Gasteiger partial charge on any atom is -0.442 e. The van der Waals surface area contributed by atoms with Gasteiger partial charge in [0.2, 0.25) is 0 Å². The SMILES string of the molecule is C[SiH2]C[Si](C)(C)OC[Si](O[Si](C)(C)C)(O[Si](C)(C)C)O[Si](C)(C)C.C[SiH2]O[Si](C)(C)OC[Si](O[Si](C)(C)C)(O[Si](C)(C)C)O[Si](C)(C)C. The number of hydrogen-bond acceptors (Lipinski definition) is 9. The zero-order valence-corrected chi connectivity index (χ0v) is 49.0. The maximum Gasteiger partial charge on any atom is 0.495 e. The van der Waals surface area contributed by atoms with Crippen molar-refractivity contribution in [3.8, 4) is 0 Å². The van der Waals surface area contributed by atoms with Gasteiger partial charge >= 0.3 is 26.2 Å². The Morgan fingerprint density at radius 3 is 0.833 bits per heavy atom. The average Bonchev–Trinajstić information content (AvgIpc) is 2.70. The van der Waals surface area contributed by atoms with Gasteiger partial charge < -0.3 is 37.7 Å². The van der Waals surface area contributed by atoms with E-state index in [4.69, 9.17) is 37.7 Å². The summed E-state index contributed by atoms with van der Waals surface area (Å²) in [5.41, 5.74) is 1.30. The van der Waals surface area contributed by atoms with Gasteiger partial charge in [0, 0.05) is 9.52 Å². The molecule has 0 saturated heterocycles. The van der Waals surface area contributed by atoms with Crippen LogP contribution in [-0.4, -0.2) is 116 Å². The van der Waals surface area contributed by atoms with Crippen LogP contribution in [0.3, 0.4) is 0 Å². The van der Waals surface area contributed by atoms with Crippen molar-refractivity contribution in [2.45, 2.75) is 163 Å². The highest BCUT2D eigenvalue weighted by Crippen LogP contribution is 2.29. The lowest BCUT2D eigenvalue weighted by Crippen LogP contribution is -2.64. The van der Waals surface area contributed by atoms with Crippen LogP contribution in [-0.2, 0) is 37.7 Å². The molecule has 0 aliphatic heterocycles. The molecule has 0 aromatic carbocycles. The van der Waals surface area contributed by atoms with Crippen LogP contribution in [0, 0.1) is 0 Å². The highest BCUT2D eigenvalue weighted by molar-refractivity contribution is 6.91. The van der Waals surface area contributed by atoms with E-state index < -0.39 is 94.2 Å². The van der Waals surface area contributed by atoms with E-state index in [9.17, 15) is 0 Å². The number of rotatable bonds is 22. The minimum atomic E-state index is -2.91. The zero-order valence-electron chi connectivity index (χ0n) is 36.2. The van der Waals surface area contributed by atoms with Gasteiger partial charge in [0.15, 0.2) is 58.2 Å². The molecule has 0 saturated carbocycles. The van der Waals surface area contributed by atoms with Crippen LogP contribution in [0.15, 0.2) is 0 Å². The molecule has 0 heterocycles. The summed E-state index contributed by atoms with van der Waals surface area (Å²) in [4.78, 5) is 0. The third-order valence-corrected chi connectivity index (χ3v) is 41.6. The molecule has 0 bridgehead atoms. The molecule has 0 atom stereocenters. The van der Waals surface area contributed by atoms with Gasteiger partial charge in [-0.1, -0.05) is 13.1 Å². The lowest BCUT2D eigenvalue weighted by atomic mass is 11.7. The predicted molar refractivity (Wildman–Crippen MR) is 240 cm³/mol. The fourth-order valence-corrected chi connectivity index (χ4v) is 44.6. The summed E-state index contributed by atoms with van der Waals surface area (Å²) in [6.45, 7) is 53.0. The Morgan fingerprint density at radius 1 is 0.375 bits per heavy atom. The van der Waals surface area contributed by atoms with Crippen molar-refractivity contribution < 1.29 is 37.7 Å². The van der Waals surface area contributed by atoms with E-state index in [0.717, 1.165) is 0 Å². The Kier molecular flexibility index (Phi) is 21.5. The van der Waals surface area contributed by atoms with Crippen LogP contribution in [0.1, 0.15) is 0 Å². The number of hydrogen-bond donors (Lipinski definition) is 0. The van der Waals surface area contributed by atoms with Gasteiger partial charge in [0.1, 0.15) is 22.2 Å². The van der Waals surface area contributed by atoms with Crippen LogP contribution in [0.4, 0.5) is 0 Å². The van der Waals surface area contributed by atoms with E-state index in [1.54, 1.807) is 0 Å². The van der Waals surface area contributed by atoms with Gasteiger partial charge in [-0.3, -0.25) is 0 Å². The van der Waals surface area contributed by atoms with E-state index in [0.29, 0.717) is 12.5 Å². The van der Waals surface area contributed by atoms with Crippen molar-refractivity contribution in [2.24, 2.45) is 0 Å². The fraction of sp³-hybridized carbons (Fsp3) is 1.00. The summed E-state index contributed by atoms with van der Waals surface area (Å²) in [5, 5.41) is 0. The first-order valence-electron chi connectivity index (χ1n) is 17.9. The third-order valence-electron chi connectivity index (χ3n) is 5.35. The van der Waals surface area contributed by atoms with Crippen molar-refractivity contribution >= 4 is 104 Å². The average molecular weight is 888 g/mol. The second-order valence-electron chi connectivity index (χ2n) is 19.6. The second-order valence-corrected chi connectivity index (χ2v) is 64.8. The Hall–Kier alpha value is 2.24. The molecule has 0 N–H and O–H groups in total. The first-order valence-corrected chi connectivity index (χ1v) is 52.6. The van der Waals surface area contributed by atoms with Crippen molar-refractivity contribution in [2.75, 3.05) is 12.5 Å². The summed E-state index contributed by atoms with van der Waals surface area (Å²) in [7, 11) is -21.0. The van der Waals surface area contributed by atoms with Crippen LogP contribution in [0.5, 0.6) is 0 Å². The lowest BCUT2D eigenvalue weighted by molar-refractivity contribution is 0.186. The topological polar surface area (TPSA) is 83.1 Å². The molecular formula is C27H82O9Si12. The Bertz CT molecular complexity index is 762. The van der Waals surface area contributed by atoms with E-state index in [2.05, 4.69) is 157 Å². The molecule has 292 valence electrons. The minimum absolute atomic E-state index is 0.000472. The molecule has 0 rings (SSSR count). The quantitative estimate of drug-likeness (QED) is 0.0999. The Morgan fingerprint density at radius 2 is 0.625 bits per heavy atom. The van der Waals surface area contributed by atoms with Crippen molar-refractivity contribution in [1.82, 2.24) is 0 Å². The zero-order chi connectivity index (χ0) is 38.9. The van der Waals surface area contributed by atoms with E-state index in [1.165, 1.54) is 5.67 Å². The molecular weight excluding hydrogens is 805 g/mol. The second kappa shape index (κ2) is 19.7. The van der Waals surface area contributed by atoms with Gasteiger partial charge in [-0.05, 0) is 150 Å². The molecule has 0 aliphatic carbocycles. The van der Waals surface area contributed by atoms with E-state index in [1.807, 2.05) is 0 Å². The first-order chi connectivity index (χ1) is 20.8. The Balaban J connectivity index is 0. The van der Waals surface area contributed by atoms with Crippen LogP contribution < -0.4 is 0 Å². The van der Waals surface area contributed by atoms with Crippen LogP contribution >= 0.6 is 0 Å². The highest BCUT2D eigenvalue weighted by atomic mass is 28.5. The summed E-state index contributed by atoms with van der Waals surface area (Å²) in [6.07, 6.45) is 0.957. The smallest absolute Gasteiger partial charge is 0.442 e. The standard InChI is InChI=1S/C14H42O4Si6.C13H40O5Si6/c1-19-14-23(11,12)15-13-24(16-20(2,3)4,17-21(5,6)7)18-22(8,9)10;1-19-15-23(11,12)14-13-24(16-20(2,3)4,17-21(5,6)7)18-22(8,9)10/h13-14,19H2,1-12H3;13,19H2,1-12H3. The monoisotopic (exact) mass is 886 g/mol. The molecule has 0 spiro atoms. The molecule has 9 nitrogen and oxygen atoms in total. The van der Waals surface area contributed by atoms with Crippen molar-refractivity contribution in [3.63, 3.8) is 0 Å². The van der Waals surface area contributed by atoms with E-state index >= 15 is 0 Å². The first kappa shape index (κ1) is 52.3. The van der Waals surface area contributed by atoms with Crippen molar-refractivity contribution in [3.05, 3.63) is 0 Å². The van der Waals surface area contributed by atoms with E-state index in [-0.39, 0.29) is 9.52 Å². The molecule has 48 heavy (non-hydrogen) atoms. The maximum absolute atomic E-state index is 6.66. The molecule has 0 unspecified atom stereocenters. The molecule has 21 heteroatoms. The van der Waals surface area contributed by atoms with Gasteiger partial charge in [0.25, 0.3) is 0 Å². The molecule has 0 amide bonds. The molecule has 0 aromatic heterocycles. The summed E-state index contributed by atoms with van der Waals surface area (Å²) in [6, 6.07) is 0. The van der Waals surface area contributed by atoms with Crippen molar-refractivity contribution in [1.29, 1.82) is 0 Å². The molecule has 0 radical (unpaired) electrons. The van der Waals surface area contributed by atoms with Gasteiger partial charge in [-0.25, -0.2) is 0 Å². The molecule has 0 aromatic rings. The third kappa shape index (κ3) is 29.7. The lowest BCUT2D eigenvalue weighted by Gasteiger charge is -2.43. The summed E-state index contributed by atoms with van der Waals surface area (Å²) in [5.74, 6) is 0. The van der Waals surface area contributed by atoms with Crippen LogP contribution in [0.25, 0.3) is 0 Å². The van der Waals surface area contributed by atoms with Gasteiger partial charge in [-0.15, -0.1) is 0 Å². The summed E-state index contributed by atoms with van der Waals surface area (Å²) < 4.78 is 58.5. The van der Waals surface area contributed by atoms with Gasteiger partial charge in [0.05, 0.1) is 0 Å². The van der Waals surface area contributed by atoms with Gasteiger partial charge in [-0.2, -0.15) is 0 Å². The normalized spacial score (nSPS) is 15.5. The van der Waals surface area contributed by atoms with Crippen LogP contribution in [0.2, 0.25) is 163 Å². The highest BCUT2D eigenvalue weighted by Gasteiger charge is 2.53. The maximum atomic E-state index is 6.66.